The van der Waals surface area contributed by atoms with Gasteiger partial charge in [-0.05, 0) is 41.9 Å². The van der Waals surface area contributed by atoms with Gasteiger partial charge in [-0.25, -0.2) is 0 Å². The fraction of sp³-hybridized carbons (Fsp3) is 0.667. The van der Waals surface area contributed by atoms with Crippen molar-refractivity contribution in [2.45, 2.75) is 64.4 Å². The molecule has 1 aliphatic rings. The zero-order valence-corrected chi connectivity index (χ0v) is 13.1. The van der Waals surface area contributed by atoms with Gasteiger partial charge in [0.2, 0.25) is 0 Å². The summed E-state index contributed by atoms with van der Waals surface area (Å²) < 4.78 is 5.74. The molecule has 0 saturated heterocycles. The monoisotopic (exact) mass is 276 g/mol. The molecule has 0 bridgehead atoms. The van der Waals surface area contributed by atoms with Crippen LogP contribution in [0.5, 0.6) is 5.75 Å². The van der Waals surface area contributed by atoms with Crippen LogP contribution in [0.2, 0.25) is 0 Å². The number of aliphatic hydroxyl groups is 1. The first-order chi connectivity index (χ1) is 9.47. The van der Waals surface area contributed by atoms with Gasteiger partial charge in [0.1, 0.15) is 12.4 Å². The molecule has 0 amide bonds. The first-order valence-corrected chi connectivity index (χ1v) is 7.88. The van der Waals surface area contributed by atoms with E-state index in [-0.39, 0.29) is 11.5 Å². The Labute approximate surface area is 123 Å². The van der Waals surface area contributed by atoms with E-state index in [0.29, 0.717) is 12.5 Å². The quantitative estimate of drug-likeness (QED) is 0.888. The van der Waals surface area contributed by atoms with Gasteiger partial charge in [-0.2, -0.15) is 0 Å². The minimum Gasteiger partial charge on any atom is -0.491 e. The minimum atomic E-state index is -0.322. The van der Waals surface area contributed by atoms with Gasteiger partial charge in [0, 0.05) is 0 Å². The van der Waals surface area contributed by atoms with Crippen LogP contribution in [0.25, 0.3) is 0 Å². The molecular weight excluding hydrogens is 248 g/mol. The topological polar surface area (TPSA) is 29.5 Å². The number of aliphatic hydroxyl groups excluding tert-OH is 1. The third-order valence-electron chi connectivity index (χ3n) is 4.34. The van der Waals surface area contributed by atoms with Crippen LogP contribution in [0, 0.1) is 5.92 Å². The van der Waals surface area contributed by atoms with Crippen molar-refractivity contribution in [3.8, 4) is 5.75 Å². The third kappa shape index (κ3) is 4.24. The number of hydrogen-bond acceptors (Lipinski definition) is 2. The minimum absolute atomic E-state index is 0.167. The van der Waals surface area contributed by atoms with E-state index in [4.69, 9.17) is 4.74 Å². The maximum absolute atomic E-state index is 10.2. The van der Waals surface area contributed by atoms with Gasteiger partial charge < -0.3 is 9.84 Å². The summed E-state index contributed by atoms with van der Waals surface area (Å²) in [4.78, 5) is 0. The molecule has 2 nitrogen and oxygen atoms in total. The zero-order valence-electron chi connectivity index (χ0n) is 13.1. The Morgan fingerprint density at radius 1 is 1.10 bits per heavy atom. The standard InChI is InChI=1S/C18H28O2/c1-18(2,3)15-9-11-16(12-10-15)20-13-17(19)14-7-5-4-6-8-14/h9-12,14,17,19H,4-8,13H2,1-3H3. The Kier molecular flexibility index (Phi) is 5.09. The van der Waals surface area contributed by atoms with Crippen LogP contribution in [0.3, 0.4) is 0 Å². The molecule has 1 aromatic rings. The summed E-state index contributed by atoms with van der Waals surface area (Å²) in [6.07, 6.45) is 5.79. The van der Waals surface area contributed by atoms with Crippen molar-refractivity contribution in [1.29, 1.82) is 0 Å². The molecule has 0 radical (unpaired) electrons. The van der Waals surface area contributed by atoms with Crippen LogP contribution in [0.1, 0.15) is 58.4 Å². The fourth-order valence-electron chi connectivity index (χ4n) is 2.89. The van der Waals surface area contributed by atoms with Crippen molar-refractivity contribution in [2.75, 3.05) is 6.61 Å². The fourth-order valence-corrected chi connectivity index (χ4v) is 2.89. The highest BCUT2D eigenvalue weighted by atomic mass is 16.5. The summed E-state index contributed by atoms with van der Waals surface area (Å²) in [6, 6.07) is 8.24. The first kappa shape index (κ1) is 15.4. The molecule has 1 saturated carbocycles. The molecule has 2 rings (SSSR count). The van der Waals surface area contributed by atoms with Gasteiger partial charge in [-0.1, -0.05) is 52.2 Å². The van der Waals surface area contributed by atoms with Crippen LogP contribution in [0.15, 0.2) is 24.3 Å². The zero-order chi connectivity index (χ0) is 14.6. The van der Waals surface area contributed by atoms with E-state index in [1.807, 2.05) is 12.1 Å². The lowest BCUT2D eigenvalue weighted by Crippen LogP contribution is -2.28. The summed E-state index contributed by atoms with van der Waals surface area (Å²) in [5.74, 6) is 1.28. The lowest BCUT2D eigenvalue weighted by Gasteiger charge is -2.26. The summed E-state index contributed by atoms with van der Waals surface area (Å²) in [5.41, 5.74) is 1.47. The lowest BCUT2D eigenvalue weighted by atomic mass is 9.85. The SMILES string of the molecule is CC(C)(C)c1ccc(OCC(O)C2CCCCC2)cc1. The van der Waals surface area contributed by atoms with Crippen molar-refractivity contribution in [3.63, 3.8) is 0 Å². The molecule has 0 heterocycles. The molecule has 0 spiro atoms. The number of ether oxygens (including phenoxy) is 1. The maximum Gasteiger partial charge on any atom is 0.119 e. The van der Waals surface area contributed by atoms with Gasteiger partial charge in [-0.3, -0.25) is 0 Å². The molecule has 0 aromatic heterocycles. The number of benzene rings is 1. The van der Waals surface area contributed by atoms with E-state index >= 15 is 0 Å². The Hall–Kier alpha value is -1.02. The highest BCUT2D eigenvalue weighted by Crippen LogP contribution is 2.27. The largest absolute Gasteiger partial charge is 0.491 e. The normalized spacial score (nSPS) is 18.8. The second-order valence-electron chi connectivity index (χ2n) is 7.05. The Balaban J connectivity index is 1.84. The van der Waals surface area contributed by atoms with Gasteiger partial charge in [0.25, 0.3) is 0 Å². The molecule has 20 heavy (non-hydrogen) atoms. The Morgan fingerprint density at radius 3 is 2.25 bits per heavy atom. The Bertz CT molecular complexity index is 396. The van der Waals surface area contributed by atoms with Gasteiger partial charge in [0.15, 0.2) is 0 Å². The Morgan fingerprint density at radius 2 is 1.70 bits per heavy atom. The van der Waals surface area contributed by atoms with Crippen LogP contribution >= 0.6 is 0 Å². The maximum atomic E-state index is 10.2. The van der Waals surface area contributed by atoms with Crippen molar-refractivity contribution in [1.82, 2.24) is 0 Å². The van der Waals surface area contributed by atoms with Crippen molar-refractivity contribution in [3.05, 3.63) is 29.8 Å². The second-order valence-corrected chi connectivity index (χ2v) is 7.05. The highest BCUT2D eigenvalue weighted by Gasteiger charge is 2.22. The molecule has 2 heteroatoms. The third-order valence-corrected chi connectivity index (χ3v) is 4.34. The van der Waals surface area contributed by atoms with E-state index < -0.39 is 0 Å². The van der Waals surface area contributed by atoms with E-state index in [1.165, 1.54) is 24.8 Å². The number of hydrogen-bond donors (Lipinski definition) is 1. The van der Waals surface area contributed by atoms with Crippen LogP contribution in [-0.2, 0) is 5.41 Å². The molecule has 1 atom stereocenters. The van der Waals surface area contributed by atoms with E-state index in [9.17, 15) is 5.11 Å². The van der Waals surface area contributed by atoms with E-state index in [1.54, 1.807) is 0 Å². The molecule has 1 fully saturated rings. The van der Waals surface area contributed by atoms with Crippen molar-refractivity contribution >= 4 is 0 Å². The smallest absolute Gasteiger partial charge is 0.119 e. The molecule has 0 aliphatic heterocycles. The predicted octanol–water partition coefficient (Wildman–Crippen LogP) is 4.30. The van der Waals surface area contributed by atoms with Crippen LogP contribution in [0.4, 0.5) is 0 Å². The molecule has 1 aliphatic carbocycles. The molecule has 1 unspecified atom stereocenters. The summed E-state index contributed by atoms with van der Waals surface area (Å²) in [6.45, 7) is 7.03. The number of rotatable bonds is 4. The second kappa shape index (κ2) is 6.62. The summed E-state index contributed by atoms with van der Waals surface area (Å²) in [5, 5.41) is 10.2. The predicted molar refractivity (Wildman–Crippen MR) is 83.2 cm³/mol. The van der Waals surface area contributed by atoms with E-state index in [0.717, 1.165) is 18.6 Å². The lowest BCUT2D eigenvalue weighted by molar-refractivity contribution is 0.0413. The van der Waals surface area contributed by atoms with Gasteiger partial charge in [-0.15, -0.1) is 0 Å². The van der Waals surface area contributed by atoms with Crippen molar-refractivity contribution in [2.24, 2.45) is 5.92 Å². The highest BCUT2D eigenvalue weighted by molar-refractivity contribution is 5.31. The first-order valence-electron chi connectivity index (χ1n) is 7.88. The molecule has 112 valence electrons. The average Bonchev–Trinajstić information content (AvgIpc) is 2.45. The summed E-state index contributed by atoms with van der Waals surface area (Å²) in [7, 11) is 0. The average molecular weight is 276 g/mol. The van der Waals surface area contributed by atoms with Crippen molar-refractivity contribution < 1.29 is 9.84 Å². The van der Waals surface area contributed by atoms with Gasteiger partial charge in [0.05, 0.1) is 6.10 Å². The van der Waals surface area contributed by atoms with Crippen LogP contribution in [-0.4, -0.2) is 17.8 Å². The molecular formula is C18H28O2. The van der Waals surface area contributed by atoms with Gasteiger partial charge >= 0.3 is 0 Å². The summed E-state index contributed by atoms with van der Waals surface area (Å²) >= 11 is 0. The molecule has 1 N–H and O–H groups in total. The van der Waals surface area contributed by atoms with E-state index in [2.05, 4.69) is 32.9 Å². The van der Waals surface area contributed by atoms with Crippen LogP contribution < -0.4 is 4.74 Å². The molecule has 1 aromatic carbocycles.